The van der Waals surface area contributed by atoms with Crippen LogP contribution in [0.25, 0.3) is 0 Å². The highest BCUT2D eigenvalue weighted by molar-refractivity contribution is 6.33. The second-order valence-electron chi connectivity index (χ2n) is 4.64. The zero-order valence-corrected chi connectivity index (χ0v) is 11.9. The van der Waals surface area contributed by atoms with Gasteiger partial charge in [0.05, 0.1) is 10.7 Å². The Labute approximate surface area is 122 Å². The standard InChI is InChI=1S/C14H16ClNO4/c1-9-4-5-11(10(15)7-9)16-13(17)8-20-14(18)12-3-2-6-19-12/h4-5,7,12H,2-3,6,8H2,1H3,(H,16,17)/t12-/m1/s1. The van der Waals surface area contributed by atoms with Crippen LogP contribution in [0.15, 0.2) is 18.2 Å². The summed E-state index contributed by atoms with van der Waals surface area (Å²) in [5.41, 5.74) is 1.49. The number of hydrogen-bond acceptors (Lipinski definition) is 4. The summed E-state index contributed by atoms with van der Waals surface area (Å²) in [5, 5.41) is 3.04. The Bertz CT molecular complexity index is 512. The van der Waals surface area contributed by atoms with Crippen molar-refractivity contribution >= 4 is 29.2 Å². The van der Waals surface area contributed by atoms with Gasteiger partial charge in [0, 0.05) is 6.61 Å². The van der Waals surface area contributed by atoms with Crippen molar-refractivity contribution in [3.8, 4) is 0 Å². The minimum Gasteiger partial charge on any atom is -0.454 e. The Hall–Kier alpha value is -1.59. The van der Waals surface area contributed by atoms with E-state index in [0.717, 1.165) is 12.0 Å². The lowest BCUT2D eigenvalue weighted by Crippen LogP contribution is -2.27. The zero-order chi connectivity index (χ0) is 14.5. The first-order chi connectivity index (χ1) is 9.56. The number of aryl methyl sites for hydroxylation is 1. The number of nitrogens with one attached hydrogen (secondary N) is 1. The van der Waals surface area contributed by atoms with E-state index in [2.05, 4.69) is 5.32 Å². The van der Waals surface area contributed by atoms with Crippen LogP contribution in [0.5, 0.6) is 0 Å². The van der Waals surface area contributed by atoms with E-state index in [1.807, 2.05) is 13.0 Å². The molecule has 0 unspecified atom stereocenters. The Kier molecular flexibility index (Phi) is 4.98. The molecular formula is C14H16ClNO4. The normalized spacial score (nSPS) is 17.8. The van der Waals surface area contributed by atoms with Crippen molar-refractivity contribution in [1.82, 2.24) is 0 Å². The van der Waals surface area contributed by atoms with Crippen LogP contribution in [0.4, 0.5) is 5.69 Å². The van der Waals surface area contributed by atoms with E-state index >= 15 is 0 Å². The molecule has 6 heteroatoms. The molecule has 1 aromatic carbocycles. The monoisotopic (exact) mass is 297 g/mol. The third kappa shape index (κ3) is 3.95. The molecule has 1 fully saturated rings. The summed E-state index contributed by atoms with van der Waals surface area (Å²) >= 11 is 6.00. The maximum Gasteiger partial charge on any atom is 0.335 e. The molecule has 108 valence electrons. The van der Waals surface area contributed by atoms with E-state index in [4.69, 9.17) is 21.1 Å². The van der Waals surface area contributed by atoms with Gasteiger partial charge in [0.1, 0.15) is 0 Å². The van der Waals surface area contributed by atoms with E-state index in [9.17, 15) is 9.59 Å². The van der Waals surface area contributed by atoms with Crippen LogP contribution in [0, 0.1) is 6.92 Å². The Balaban J connectivity index is 1.81. The number of carbonyl (C=O) groups is 2. The van der Waals surface area contributed by atoms with E-state index < -0.39 is 18.0 Å². The molecular weight excluding hydrogens is 282 g/mol. The zero-order valence-electron chi connectivity index (χ0n) is 11.1. The molecule has 1 N–H and O–H groups in total. The first kappa shape index (κ1) is 14.8. The van der Waals surface area contributed by atoms with Crippen molar-refractivity contribution < 1.29 is 19.1 Å². The van der Waals surface area contributed by atoms with Gasteiger partial charge in [-0.15, -0.1) is 0 Å². The van der Waals surface area contributed by atoms with E-state index in [1.165, 1.54) is 0 Å². The predicted octanol–water partition coefficient (Wildman–Crippen LogP) is 2.31. The predicted molar refractivity (Wildman–Crippen MR) is 74.8 cm³/mol. The van der Waals surface area contributed by atoms with Crippen molar-refractivity contribution in [3.63, 3.8) is 0 Å². The molecule has 1 saturated heterocycles. The van der Waals surface area contributed by atoms with Crippen LogP contribution in [-0.2, 0) is 19.1 Å². The number of esters is 1. The second-order valence-corrected chi connectivity index (χ2v) is 5.05. The molecule has 1 aliphatic heterocycles. The van der Waals surface area contributed by atoms with Crippen molar-refractivity contribution in [3.05, 3.63) is 28.8 Å². The molecule has 1 amide bonds. The van der Waals surface area contributed by atoms with Gasteiger partial charge in [-0.2, -0.15) is 0 Å². The van der Waals surface area contributed by atoms with Crippen LogP contribution in [0.3, 0.4) is 0 Å². The Morgan fingerprint density at radius 3 is 2.95 bits per heavy atom. The number of halogens is 1. The average Bonchev–Trinajstić information content (AvgIpc) is 2.93. The summed E-state index contributed by atoms with van der Waals surface area (Å²) in [6.45, 7) is 2.12. The third-order valence-electron chi connectivity index (χ3n) is 2.94. The fourth-order valence-corrected chi connectivity index (χ4v) is 2.18. The average molecular weight is 298 g/mol. The van der Waals surface area contributed by atoms with Crippen LogP contribution < -0.4 is 5.32 Å². The lowest BCUT2D eigenvalue weighted by atomic mass is 10.2. The van der Waals surface area contributed by atoms with Crippen LogP contribution in [0.1, 0.15) is 18.4 Å². The molecule has 0 radical (unpaired) electrons. The Morgan fingerprint density at radius 1 is 1.50 bits per heavy atom. The fraction of sp³-hybridized carbons (Fsp3) is 0.429. The summed E-state index contributed by atoms with van der Waals surface area (Å²) < 4.78 is 10.1. The number of anilines is 1. The van der Waals surface area contributed by atoms with E-state index in [1.54, 1.807) is 12.1 Å². The summed E-state index contributed by atoms with van der Waals surface area (Å²) in [7, 11) is 0. The topological polar surface area (TPSA) is 64.6 Å². The van der Waals surface area contributed by atoms with E-state index in [-0.39, 0.29) is 6.61 Å². The summed E-state index contributed by atoms with van der Waals surface area (Å²) in [6, 6.07) is 5.28. The first-order valence-corrected chi connectivity index (χ1v) is 6.78. The maximum atomic E-state index is 11.7. The third-order valence-corrected chi connectivity index (χ3v) is 3.25. The van der Waals surface area contributed by atoms with Crippen molar-refractivity contribution in [2.45, 2.75) is 25.9 Å². The quantitative estimate of drug-likeness (QED) is 0.866. The number of hydrogen-bond donors (Lipinski definition) is 1. The highest BCUT2D eigenvalue weighted by Crippen LogP contribution is 2.22. The molecule has 1 aromatic rings. The van der Waals surface area contributed by atoms with Crippen LogP contribution >= 0.6 is 11.6 Å². The molecule has 20 heavy (non-hydrogen) atoms. The van der Waals surface area contributed by atoms with Crippen LogP contribution in [0.2, 0.25) is 5.02 Å². The molecule has 0 bridgehead atoms. The highest BCUT2D eigenvalue weighted by atomic mass is 35.5. The number of ether oxygens (including phenoxy) is 2. The smallest absolute Gasteiger partial charge is 0.335 e. The highest BCUT2D eigenvalue weighted by Gasteiger charge is 2.25. The van der Waals surface area contributed by atoms with Gasteiger partial charge in [-0.3, -0.25) is 4.79 Å². The number of carbonyl (C=O) groups excluding carboxylic acids is 2. The molecule has 1 aliphatic rings. The molecule has 0 aromatic heterocycles. The fourth-order valence-electron chi connectivity index (χ4n) is 1.90. The summed E-state index contributed by atoms with van der Waals surface area (Å²) in [6.07, 6.45) is 0.945. The van der Waals surface area contributed by atoms with Gasteiger partial charge in [0.2, 0.25) is 0 Å². The van der Waals surface area contributed by atoms with Gasteiger partial charge in [0.15, 0.2) is 12.7 Å². The van der Waals surface area contributed by atoms with Crippen LogP contribution in [-0.4, -0.2) is 31.2 Å². The first-order valence-electron chi connectivity index (χ1n) is 6.40. The van der Waals surface area contributed by atoms with Gasteiger partial charge < -0.3 is 14.8 Å². The Morgan fingerprint density at radius 2 is 2.30 bits per heavy atom. The van der Waals surface area contributed by atoms with E-state index in [0.29, 0.717) is 23.7 Å². The molecule has 0 spiro atoms. The molecule has 5 nitrogen and oxygen atoms in total. The van der Waals surface area contributed by atoms with Gasteiger partial charge in [-0.05, 0) is 37.5 Å². The number of benzene rings is 1. The summed E-state index contributed by atoms with van der Waals surface area (Å²) in [5.74, 6) is -0.922. The molecule has 0 aliphatic carbocycles. The molecule has 0 saturated carbocycles. The van der Waals surface area contributed by atoms with Crippen molar-refractivity contribution in [2.75, 3.05) is 18.5 Å². The lowest BCUT2D eigenvalue weighted by molar-refractivity contribution is -0.156. The second kappa shape index (κ2) is 6.72. The maximum absolute atomic E-state index is 11.7. The SMILES string of the molecule is Cc1ccc(NC(=O)COC(=O)[C@H]2CCCO2)c(Cl)c1. The molecule has 2 rings (SSSR count). The van der Waals surface area contributed by atoms with Crippen molar-refractivity contribution in [2.24, 2.45) is 0 Å². The molecule has 1 heterocycles. The van der Waals surface area contributed by atoms with Crippen molar-refractivity contribution in [1.29, 1.82) is 0 Å². The minimum atomic E-state index is -0.536. The summed E-state index contributed by atoms with van der Waals surface area (Å²) in [4.78, 5) is 23.2. The minimum absolute atomic E-state index is 0.344. The largest absolute Gasteiger partial charge is 0.454 e. The molecule has 1 atom stereocenters. The lowest BCUT2D eigenvalue weighted by Gasteiger charge is -2.10. The van der Waals surface area contributed by atoms with Gasteiger partial charge in [-0.1, -0.05) is 17.7 Å². The number of rotatable bonds is 4. The van der Waals surface area contributed by atoms with Gasteiger partial charge in [0.25, 0.3) is 5.91 Å². The number of amides is 1. The van der Waals surface area contributed by atoms with Gasteiger partial charge >= 0.3 is 5.97 Å². The van der Waals surface area contributed by atoms with Gasteiger partial charge in [-0.25, -0.2) is 4.79 Å².